The molecule has 0 bridgehead atoms. The first-order valence-electron chi connectivity index (χ1n) is 4.36. The maximum Gasteiger partial charge on any atom is 0.338 e. The first-order chi connectivity index (χ1) is 7.61. The average molecular weight is 241 g/mol. The van der Waals surface area contributed by atoms with E-state index in [0.29, 0.717) is 0 Å². The van der Waals surface area contributed by atoms with Crippen LogP contribution in [0, 0.1) is 5.82 Å². The Bertz CT molecular complexity index is 534. The van der Waals surface area contributed by atoms with Gasteiger partial charge in [-0.3, -0.25) is 0 Å². The summed E-state index contributed by atoms with van der Waals surface area (Å²) in [6, 6.07) is 5.32. The average Bonchev–Trinajstić information content (AvgIpc) is 2.73. The molecule has 1 N–H and O–H groups in total. The predicted octanol–water partition coefficient (Wildman–Crippen LogP) is 3.44. The Kier molecular flexibility index (Phi) is 2.66. The van der Waals surface area contributed by atoms with E-state index in [9.17, 15) is 9.18 Å². The summed E-state index contributed by atoms with van der Waals surface area (Å²) in [6.45, 7) is 0. The van der Waals surface area contributed by atoms with Gasteiger partial charge in [-0.25, -0.2) is 9.18 Å². The summed E-state index contributed by atoms with van der Waals surface area (Å²) in [4.78, 5) is 11.0. The number of carbonyl (C=O) groups is 1. The van der Waals surface area contributed by atoms with E-state index in [1.165, 1.54) is 18.4 Å². The predicted molar refractivity (Wildman–Crippen MR) is 56.1 cm³/mol. The Morgan fingerprint density at radius 1 is 1.38 bits per heavy atom. The van der Waals surface area contributed by atoms with E-state index in [1.807, 2.05) is 0 Å². The van der Waals surface area contributed by atoms with Gasteiger partial charge in [0, 0.05) is 0 Å². The van der Waals surface area contributed by atoms with E-state index in [2.05, 4.69) is 0 Å². The molecule has 0 unspecified atom stereocenters. The molecule has 2 rings (SSSR count). The Labute approximate surface area is 95.1 Å². The van der Waals surface area contributed by atoms with E-state index in [-0.39, 0.29) is 21.9 Å². The summed E-state index contributed by atoms with van der Waals surface area (Å²) in [5.41, 5.74) is -0.429. The van der Waals surface area contributed by atoms with E-state index >= 15 is 0 Å². The van der Waals surface area contributed by atoms with Gasteiger partial charge in [0.1, 0.15) is 11.6 Å². The molecule has 0 amide bonds. The molecule has 1 heterocycles. The van der Waals surface area contributed by atoms with Crippen LogP contribution in [0.15, 0.2) is 34.9 Å². The number of aromatic carboxylic acids is 1. The molecule has 1 aromatic carbocycles. The van der Waals surface area contributed by atoms with E-state index in [1.54, 1.807) is 6.07 Å². The highest BCUT2D eigenvalue weighted by Crippen LogP contribution is 2.32. The molecule has 3 nitrogen and oxygen atoms in total. The highest BCUT2D eigenvalue weighted by atomic mass is 35.5. The molecule has 0 aliphatic rings. The van der Waals surface area contributed by atoms with Gasteiger partial charge in [0.25, 0.3) is 0 Å². The summed E-state index contributed by atoms with van der Waals surface area (Å²) in [7, 11) is 0. The van der Waals surface area contributed by atoms with Gasteiger partial charge in [0.2, 0.25) is 0 Å². The van der Waals surface area contributed by atoms with Crippen molar-refractivity contribution in [3.05, 3.63) is 46.9 Å². The minimum absolute atomic E-state index is 0.0275. The summed E-state index contributed by atoms with van der Waals surface area (Å²) >= 11 is 5.72. The van der Waals surface area contributed by atoms with Crippen LogP contribution in [-0.4, -0.2) is 11.1 Å². The molecule has 82 valence electrons. The molecule has 0 saturated heterocycles. The van der Waals surface area contributed by atoms with E-state index in [0.717, 1.165) is 6.07 Å². The number of rotatable bonds is 2. The Hall–Kier alpha value is -1.81. The van der Waals surface area contributed by atoms with Gasteiger partial charge in [-0.2, -0.15) is 0 Å². The van der Waals surface area contributed by atoms with Crippen LogP contribution in [0.4, 0.5) is 4.39 Å². The number of hydrogen-bond acceptors (Lipinski definition) is 2. The highest BCUT2D eigenvalue weighted by molar-refractivity contribution is 6.34. The normalized spacial score (nSPS) is 10.4. The van der Waals surface area contributed by atoms with Gasteiger partial charge in [-0.05, 0) is 24.3 Å². The van der Waals surface area contributed by atoms with Crippen molar-refractivity contribution in [1.82, 2.24) is 0 Å². The molecule has 0 saturated carbocycles. The fourth-order valence-electron chi connectivity index (χ4n) is 1.42. The lowest BCUT2D eigenvalue weighted by Gasteiger charge is -2.06. The fraction of sp³-hybridized carbons (Fsp3) is 0. The van der Waals surface area contributed by atoms with Crippen molar-refractivity contribution in [2.75, 3.05) is 0 Å². The molecular weight excluding hydrogens is 235 g/mol. The second-order valence-corrected chi connectivity index (χ2v) is 3.47. The third-order valence-corrected chi connectivity index (χ3v) is 2.40. The molecule has 0 spiro atoms. The van der Waals surface area contributed by atoms with Gasteiger partial charge in [-0.1, -0.05) is 11.6 Å². The van der Waals surface area contributed by atoms with Gasteiger partial charge >= 0.3 is 5.97 Å². The molecule has 0 aliphatic carbocycles. The lowest BCUT2D eigenvalue weighted by Crippen LogP contribution is -2.02. The maximum atomic E-state index is 13.6. The van der Waals surface area contributed by atoms with Crippen LogP contribution in [-0.2, 0) is 0 Å². The van der Waals surface area contributed by atoms with Crippen LogP contribution >= 0.6 is 11.6 Å². The number of benzene rings is 1. The summed E-state index contributed by atoms with van der Waals surface area (Å²) in [6.07, 6.45) is 1.33. The summed E-state index contributed by atoms with van der Waals surface area (Å²) < 4.78 is 18.6. The van der Waals surface area contributed by atoms with Crippen LogP contribution in [0.1, 0.15) is 10.4 Å². The van der Waals surface area contributed by atoms with Gasteiger partial charge in [0.15, 0.2) is 0 Å². The number of halogens is 2. The summed E-state index contributed by atoms with van der Waals surface area (Å²) in [5.74, 6) is -1.84. The molecule has 5 heteroatoms. The zero-order valence-corrected chi connectivity index (χ0v) is 8.66. The van der Waals surface area contributed by atoms with Crippen molar-refractivity contribution >= 4 is 17.6 Å². The second-order valence-electron chi connectivity index (χ2n) is 3.06. The van der Waals surface area contributed by atoms with Crippen molar-refractivity contribution in [2.45, 2.75) is 0 Å². The lowest BCUT2D eigenvalue weighted by molar-refractivity contribution is 0.0697. The Morgan fingerprint density at radius 2 is 2.12 bits per heavy atom. The summed E-state index contributed by atoms with van der Waals surface area (Å²) in [5, 5.41) is 8.95. The Morgan fingerprint density at radius 3 is 2.69 bits per heavy atom. The molecular formula is C11H6ClFO3. The monoisotopic (exact) mass is 240 g/mol. The first-order valence-corrected chi connectivity index (χ1v) is 4.74. The molecule has 0 atom stereocenters. The largest absolute Gasteiger partial charge is 0.478 e. The number of hydrogen-bond donors (Lipinski definition) is 1. The minimum atomic E-state index is -1.30. The zero-order valence-electron chi connectivity index (χ0n) is 7.91. The molecule has 1 aromatic heterocycles. The minimum Gasteiger partial charge on any atom is -0.478 e. The smallest absolute Gasteiger partial charge is 0.338 e. The van der Waals surface area contributed by atoms with Gasteiger partial charge in [0.05, 0.1) is 22.4 Å². The van der Waals surface area contributed by atoms with Crippen LogP contribution in [0.3, 0.4) is 0 Å². The maximum absolute atomic E-state index is 13.6. The number of carboxylic acids is 1. The third kappa shape index (κ3) is 1.67. The zero-order chi connectivity index (χ0) is 11.7. The van der Waals surface area contributed by atoms with Crippen LogP contribution in [0.2, 0.25) is 5.02 Å². The number of furan rings is 1. The third-order valence-electron chi connectivity index (χ3n) is 2.09. The second kappa shape index (κ2) is 3.98. The van der Waals surface area contributed by atoms with Crippen molar-refractivity contribution in [3.8, 4) is 11.3 Å². The van der Waals surface area contributed by atoms with Crippen LogP contribution < -0.4 is 0 Å². The quantitative estimate of drug-likeness (QED) is 0.875. The lowest BCUT2D eigenvalue weighted by atomic mass is 10.0. The van der Waals surface area contributed by atoms with Crippen molar-refractivity contribution in [2.24, 2.45) is 0 Å². The van der Waals surface area contributed by atoms with E-state index < -0.39 is 11.8 Å². The van der Waals surface area contributed by atoms with Crippen LogP contribution in [0.5, 0.6) is 0 Å². The molecule has 0 radical (unpaired) electrons. The molecule has 0 fully saturated rings. The molecule has 0 aliphatic heterocycles. The first kappa shape index (κ1) is 10.7. The molecule has 16 heavy (non-hydrogen) atoms. The molecule has 2 aromatic rings. The number of carboxylic acid groups (broad SMARTS) is 1. The van der Waals surface area contributed by atoms with Crippen molar-refractivity contribution in [1.29, 1.82) is 0 Å². The topological polar surface area (TPSA) is 50.4 Å². The Balaban J connectivity index is 2.76. The SMILES string of the molecule is O=C(O)c1c(Cl)ccc(F)c1-c1ccco1. The van der Waals surface area contributed by atoms with Crippen molar-refractivity contribution < 1.29 is 18.7 Å². The van der Waals surface area contributed by atoms with Crippen molar-refractivity contribution in [3.63, 3.8) is 0 Å². The highest BCUT2D eigenvalue weighted by Gasteiger charge is 2.21. The van der Waals surface area contributed by atoms with E-state index in [4.69, 9.17) is 21.1 Å². The standard InChI is InChI=1S/C11H6ClFO3/c12-6-3-4-7(13)10(9(6)11(14)15)8-2-1-5-16-8/h1-5H,(H,14,15). The van der Waals surface area contributed by atoms with Gasteiger partial charge < -0.3 is 9.52 Å². The van der Waals surface area contributed by atoms with Gasteiger partial charge in [-0.15, -0.1) is 0 Å². The fourth-order valence-corrected chi connectivity index (χ4v) is 1.66. The van der Waals surface area contributed by atoms with Crippen LogP contribution in [0.25, 0.3) is 11.3 Å².